The van der Waals surface area contributed by atoms with Crippen LogP contribution in [0.4, 0.5) is 0 Å². The molecule has 2 atom stereocenters. The third-order valence-corrected chi connectivity index (χ3v) is 3.00. The van der Waals surface area contributed by atoms with Gasteiger partial charge < -0.3 is 10.4 Å². The van der Waals surface area contributed by atoms with Crippen molar-refractivity contribution in [3.05, 3.63) is 0 Å². The summed E-state index contributed by atoms with van der Waals surface area (Å²) in [6, 6.07) is -0.226. The van der Waals surface area contributed by atoms with Gasteiger partial charge in [0.15, 0.2) is 0 Å². The van der Waals surface area contributed by atoms with Gasteiger partial charge in [-0.3, -0.25) is 9.59 Å². The van der Waals surface area contributed by atoms with Crippen LogP contribution in [-0.4, -0.2) is 23.0 Å². The van der Waals surface area contributed by atoms with E-state index in [0.717, 1.165) is 12.8 Å². The molecule has 0 aromatic heterocycles. The molecular formula is C11H19NO3. The first-order chi connectivity index (χ1) is 7.04. The fraction of sp³-hybridized carbons (Fsp3) is 0.818. The van der Waals surface area contributed by atoms with Crippen molar-refractivity contribution in [3.63, 3.8) is 0 Å². The Labute approximate surface area is 90.0 Å². The lowest BCUT2D eigenvalue weighted by Gasteiger charge is -2.18. The average Bonchev–Trinajstić information content (AvgIpc) is 2.97. The Morgan fingerprint density at radius 1 is 1.47 bits per heavy atom. The Kier molecular flexibility index (Phi) is 4.12. The van der Waals surface area contributed by atoms with Gasteiger partial charge >= 0.3 is 5.97 Å². The molecule has 1 rings (SSSR count). The first-order valence-corrected chi connectivity index (χ1v) is 5.56. The molecule has 4 nitrogen and oxygen atoms in total. The monoisotopic (exact) mass is 213 g/mol. The van der Waals surface area contributed by atoms with E-state index in [1.54, 1.807) is 0 Å². The summed E-state index contributed by atoms with van der Waals surface area (Å²) in [6.07, 6.45) is 2.93. The van der Waals surface area contributed by atoms with Crippen molar-refractivity contribution in [1.29, 1.82) is 0 Å². The second-order valence-corrected chi connectivity index (χ2v) is 4.34. The largest absolute Gasteiger partial charge is 0.481 e. The molecule has 1 saturated carbocycles. The van der Waals surface area contributed by atoms with Crippen LogP contribution in [0.5, 0.6) is 0 Å². The SMILES string of the molecule is CCC(CC(=O)O)NC(=O)C(C)C1CC1. The van der Waals surface area contributed by atoms with Crippen molar-refractivity contribution < 1.29 is 14.7 Å². The van der Waals surface area contributed by atoms with Crippen LogP contribution in [0.3, 0.4) is 0 Å². The number of aliphatic carboxylic acids is 1. The van der Waals surface area contributed by atoms with E-state index in [9.17, 15) is 9.59 Å². The molecule has 0 spiro atoms. The molecule has 0 bridgehead atoms. The summed E-state index contributed by atoms with van der Waals surface area (Å²) in [7, 11) is 0. The normalized spacial score (nSPS) is 19.3. The average molecular weight is 213 g/mol. The standard InChI is InChI=1S/C11H19NO3/c1-3-9(6-10(13)14)12-11(15)7(2)8-4-5-8/h7-9H,3-6H2,1-2H3,(H,12,15)(H,13,14). The minimum atomic E-state index is -0.860. The van der Waals surface area contributed by atoms with Crippen molar-refractivity contribution in [2.45, 2.75) is 45.6 Å². The van der Waals surface area contributed by atoms with Crippen molar-refractivity contribution in [3.8, 4) is 0 Å². The summed E-state index contributed by atoms with van der Waals surface area (Å²) in [6.45, 7) is 3.80. The summed E-state index contributed by atoms with van der Waals surface area (Å²) in [5.41, 5.74) is 0. The fourth-order valence-corrected chi connectivity index (χ4v) is 1.65. The first-order valence-electron chi connectivity index (χ1n) is 5.56. The zero-order valence-corrected chi connectivity index (χ0v) is 9.32. The van der Waals surface area contributed by atoms with Gasteiger partial charge in [0.2, 0.25) is 5.91 Å². The molecule has 1 aliphatic carbocycles. The maximum Gasteiger partial charge on any atom is 0.305 e. The van der Waals surface area contributed by atoms with Crippen LogP contribution in [0.2, 0.25) is 0 Å². The molecule has 0 saturated heterocycles. The van der Waals surface area contributed by atoms with Gasteiger partial charge in [0.1, 0.15) is 0 Å². The Bertz CT molecular complexity index is 248. The van der Waals surface area contributed by atoms with Gasteiger partial charge in [-0.15, -0.1) is 0 Å². The number of carboxylic acid groups (broad SMARTS) is 1. The highest BCUT2D eigenvalue weighted by atomic mass is 16.4. The van der Waals surface area contributed by atoms with Crippen molar-refractivity contribution in [2.75, 3.05) is 0 Å². The van der Waals surface area contributed by atoms with Gasteiger partial charge in [-0.05, 0) is 25.2 Å². The quantitative estimate of drug-likeness (QED) is 0.701. The Balaban J connectivity index is 2.36. The molecule has 4 heteroatoms. The molecule has 2 N–H and O–H groups in total. The number of nitrogens with one attached hydrogen (secondary N) is 1. The summed E-state index contributed by atoms with van der Waals surface area (Å²) in [4.78, 5) is 22.2. The maximum atomic E-state index is 11.7. The first kappa shape index (κ1) is 12.0. The molecule has 1 fully saturated rings. The number of hydrogen-bond acceptors (Lipinski definition) is 2. The summed E-state index contributed by atoms with van der Waals surface area (Å²) in [5, 5.41) is 11.4. The smallest absolute Gasteiger partial charge is 0.305 e. The predicted molar refractivity (Wildman–Crippen MR) is 56.4 cm³/mol. The number of hydrogen-bond donors (Lipinski definition) is 2. The third-order valence-electron chi connectivity index (χ3n) is 3.00. The number of carboxylic acids is 1. The Hall–Kier alpha value is -1.06. The van der Waals surface area contributed by atoms with Crippen molar-refractivity contribution >= 4 is 11.9 Å². The maximum absolute atomic E-state index is 11.7. The van der Waals surface area contributed by atoms with Crippen LogP contribution >= 0.6 is 0 Å². The van der Waals surface area contributed by atoms with Crippen LogP contribution in [-0.2, 0) is 9.59 Å². The lowest BCUT2D eigenvalue weighted by atomic mass is 10.0. The summed E-state index contributed by atoms with van der Waals surface area (Å²) in [5.74, 6) is -0.299. The third kappa shape index (κ3) is 3.90. The Morgan fingerprint density at radius 2 is 2.07 bits per heavy atom. The highest BCUT2D eigenvalue weighted by molar-refractivity contribution is 5.80. The second-order valence-electron chi connectivity index (χ2n) is 4.34. The molecule has 0 aromatic carbocycles. The number of rotatable bonds is 6. The van der Waals surface area contributed by atoms with E-state index in [1.165, 1.54) is 0 Å². The molecule has 0 aromatic rings. The lowest BCUT2D eigenvalue weighted by Crippen LogP contribution is -2.39. The zero-order valence-electron chi connectivity index (χ0n) is 9.32. The topological polar surface area (TPSA) is 66.4 Å². The molecule has 1 amide bonds. The van der Waals surface area contributed by atoms with E-state index in [0.29, 0.717) is 12.3 Å². The molecule has 0 aliphatic heterocycles. The van der Waals surface area contributed by atoms with Crippen molar-refractivity contribution in [1.82, 2.24) is 5.32 Å². The zero-order chi connectivity index (χ0) is 11.4. The molecular weight excluding hydrogens is 194 g/mol. The van der Waals surface area contributed by atoms with Crippen LogP contribution in [0.25, 0.3) is 0 Å². The second kappa shape index (κ2) is 5.14. The molecule has 2 unspecified atom stereocenters. The lowest BCUT2D eigenvalue weighted by molar-refractivity contribution is -0.137. The highest BCUT2D eigenvalue weighted by Crippen LogP contribution is 2.36. The van der Waals surface area contributed by atoms with Gasteiger partial charge in [0, 0.05) is 12.0 Å². The molecule has 1 aliphatic rings. The van der Waals surface area contributed by atoms with Crippen molar-refractivity contribution in [2.24, 2.45) is 11.8 Å². The van der Waals surface area contributed by atoms with Gasteiger partial charge in [-0.1, -0.05) is 13.8 Å². The number of carbonyl (C=O) groups excluding carboxylic acids is 1. The number of amides is 1. The molecule has 0 radical (unpaired) electrons. The molecule has 0 heterocycles. The minimum Gasteiger partial charge on any atom is -0.481 e. The summed E-state index contributed by atoms with van der Waals surface area (Å²) >= 11 is 0. The van der Waals surface area contributed by atoms with Crippen LogP contribution in [0.1, 0.15) is 39.5 Å². The van der Waals surface area contributed by atoms with E-state index in [1.807, 2.05) is 13.8 Å². The van der Waals surface area contributed by atoms with E-state index < -0.39 is 5.97 Å². The highest BCUT2D eigenvalue weighted by Gasteiger charge is 2.33. The Morgan fingerprint density at radius 3 is 2.47 bits per heavy atom. The molecule has 86 valence electrons. The fourth-order valence-electron chi connectivity index (χ4n) is 1.65. The number of carbonyl (C=O) groups is 2. The van der Waals surface area contributed by atoms with E-state index in [4.69, 9.17) is 5.11 Å². The van der Waals surface area contributed by atoms with Crippen LogP contribution < -0.4 is 5.32 Å². The van der Waals surface area contributed by atoms with Gasteiger partial charge in [0.25, 0.3) is 0 Å². The predicted octanol–water partition coefficient (Wildman–Crippen LogP) is 1.40. The van der Waals surface area contributed by atoms with E-state index in [2.05, 4.69) is 5.32 Å². The van der Waals surface area contributed by atoms with Gasteiger partial charge in [0.05, 0.1) is 6.42 Å². The van der Waals surface area contributed by atoms with Crippen LogP contribution in [0.15, 0.2) is 0 Å². The van der Waals surface area contributed by atoms with E-state index >= 15 is 0 Å². The minimum absolute atomic E-state index is 0.00519. The summed E-state index contributed by atoms with van der Waals surface area (Å²) < 4.78 is 0. The van der Waals surface area contributed by atoms with E-state index in [-0.39, 0.29) is 24.3 Å². The molecule has 15 heavy (non-hydrogen) atoms. The van der Waals surface area contributed by atoms with Gasteiger partial charge in [-0.2, -0.15) is 0 Å². The van der Waals surface area contributed by atoms with Crippen LogP contribution in [0, 0.1) is 11.8 Å². The van der Waals surface area contributed by atoms with Gasteiger partial charge in [-0.25, -0.2) is 0 Å².